The number of halogens is 1. The third kappa shape index (κ3) is 4.42. The lowest BCUT2D eigenvalue weighted by Crippen LogP contribution is -2.50. The van der Waals surface area contributed by atoms with Gasteiger partial charge in [-0.1, -0.05) is 18.2 Å². The van der Waals surface area contributed by atoms with E-state index in [1.165, 1.54) is 0 Å². The highest BCUT2D eigenvalue weighted by Crippen LogP contribution is 2.30. The highest BCUT2D eigenvalue weighted by Gasteiger charge is 2.30. The predicted molar refractivity (Wildman–Crippen MR) is 130 cm³/mol. The van der Waals surface area contributed by atoms with E-state index in [9.17, 15) is 9.18 Å². The summed E-state index contributed by atoms with van der Waals surface area (Å²) in [6, 6.07) is 11.3. The Labute approximate surface area is 198 Å². The standard InChI is InChI=1S/C26H30FN5O2/c1-17-4-3-5-21(25(17)27)18(2)29-24-15-28-30-23-7-6-20(14-22(23)24)31-9-11-32(12-10-31)26(33)19-8-13-34-16-19/h3-7,14-15,18-19H,8-13,16H2,1-2H3,(H,29,30)/t18-,19?/m1/s1. The average molecular weight is 464 g/mol. The number of rotatable bonds is 5. The van der Waals surface area contributed by atoms with Gasteiger partial charge in [0.2, 0.25) is 5.91 Å². The second-order valence-electron chi connectivity index (χ2n) is 9.18. The molecular weight excluding hydrogens is 433 g/mol. The zero-order valence-corrected chi connectivity index (χ0v) is 19.6. The zero-order valence-electron chi connectivity index (χ0n) is 19.6. The Morgan fingerprint density at radius 3 is 2.79 bits per heavy atom. The highest BCUT2D eigenvalue weighted by atomic mass is 19.1. The molecule has 2 aliphatic heterocycles. The van der Waals surface area contributed by atoms with Crippen LogP contribution in [-0.2, 0) is 9.53 Å². The number of anilines is 2. The number of aryl methyl sites for hydroxylation is 1. The van der Waals surface area contributed by atoms with Gasteiger partial charge in [0.1, 0.15) is 5.82 Å². The molecular formula is C26H30FN5O2. The van der Waals surface area contributed by atoms with Crippen LogP contribution in [0.4, 0.5) is 15.8 Å². The van der Waals surface area contributed by atoms with Crippen molar-refractivity contribution in [3.05, 3.63) is 59.5 Å². The van der Waals surface area contributed by atoms with Gasteiger partial charge in [0, 0.05) is 49.4 Å². The summed E-state index contributed by atoms with van der Waals surface area (Å²) >= 11 is 0. The van der Waals surface area contributed by atoms with E-state index in [-0.39, 0.29) is 23.7 Å². The van der Waals surface area contributed by atoms with Crippen molar-refractivity contribution < 1.29 is 13.9 Å². The largest absolute Gasteiger partial charge is 0.381 e. The van der Waals surface area contributed by atoms with Crippen LogP contribution in [0.25, 0.3) is 10.9 Å². The molecule has 0 bridgehead atoms. The molecule has 5 rings (SSSR count). The molecule has 0 radical (unpaired) electrons. The van der Waals surface area contributed by atoms with Crippen molar-refractivity contribution in [3.8, 4) is 0 Å². The monoisotopic (exact) mass is 463 g/mol. The Bertz CT molecular complexity index is 1190. The normalized spacial score (nSPS) is 19.4. The number of nitrogens with zero attached hydrogens (tertiary/aromatic N) is 4. The van der Waals surface area contributed by atoms with E-state index in [2.05, 4.69) is 26.5 Å². The van der Waals surface area contributed by atoms with Gasteiger partial charge in [0.05, 0.1) is 36.0 Å². The van der Waals surface area contributed by atoms with Gasteiger partial charge in [0.15, 0.2) is 0 Å². The molecule has 3 heterocycles. The molecule has 2 saturated heterocycles. The summed E-state index contributed by atoms with van der Waals surface area (Å²) in [5.74, 6) is 0.0422. The number of ether oxygens (including phenoxy) is 1. The van der Waals surface area contributed by atoms with Crippen molar-refractivity contribution in [1.29, 1.82) is 0 Å². The maximum atomic E-state index is 14.7. The first-order chi connectivity index (χ1) is 16.5. The van der Waals surface area contributed by atoms with Crippen LogP contribution in [0.15, 0.2) is 42.6 Å². The van der Waals surface area contributed by atoms with Crippen molar-refractivity contribution in [2.75, 3.05) is 49.6 Å². The van der Waals surface area contributed by atoms with Gasteiger partial charge < -0.3 is 19.9 Å². The summed E-state index contributed by atoms with van der Waals surface area (Å²) in [6.45, 7) is 7.91. The lowest BCUT2D eigenvalue weighted by Gasteiger charge is -2.37. The Hall–Kier alpha value is -3.26. The molecule has 2 atom stereocenters. The number of nitrogens with one attached hydrogen (secondary N) is 1. The van der Waals surface area contributed by atoms with Crippen molar-refractivity contribution in [2.24, 2.45) is 5.92 Å². The fourth-order valence-electron chi connectivity index (χ4n) is 4.85. The summed E-state index contributed by atoms with van der Waals surface area (Å²) in [6.07, 6.45) is 2.52. The molecule has 0 spiro atoms. The van der Waals surface area contributed by atoms with Crippen LogP contribution in [0.3, 0.4) is 0 Å². The lowest BCUT2D eigenvalue weighted by molar-refractivity contribution is -0.135. The third-order valence-electron chi connectivity index (χ3n) is 6.92. The van der Waals surface area contributed by atoms with E-state index in [1.807, 2.05) is 30.0 Å². The Kier molecular flexibility index (Phi) is 6.32. The fourth-order valence-corrected chi connectivity index (χ4v) is 4.85. The molecule has 34 heavy (non-hydrogen) atoms. The summed E-state index contributed by atoms with van der Waals surface area (Å²) in [7, 11) is 0. The van der Waals surface area contributed by atoms with Gasteiger partial charge in [0.25, 0.3) is 0 Å². The quantitative estimate of drug-likeness (QED) is 0.618. The van der Waals surface area contributed by atoms with Crippen LogP contribution in [0, 0.1) is 18.7 Å². The van der Waals surface area contributed by atoms with Crippen molar-refractivity contribution in [1.82, 2.24) is 15.1 Å². The second kappa shape index (κ2) is 9.54. The molecule has 2 aromatic carbocycles. The van der Waals surface area contributed by atoms with E-state index < -0.39 is 0 Å². The fraction of sp³-hybridized carbons (Fsp3) is 0.423. The van der Waals surface area contributed by atoms with E-state index in [1.54, 1.807) is 25.3 Å². The topological polar surface area (TPSA) is 70.6 Å². The van der Waals surface area contributed by atoms with Crippen LogP contribution in [0.5, 0.6) is 0 Å². The van der Waals surface area contributed by atoms with Gasteiger partial charge in [-0.3, -0.25) is 4.79 Å². The molecule has 8 heteroatoms. The molecule has 0 saturated carbocycles. The molecule has 7 nitrogen and oxygen atoms in total. The number of carbonyl (C=O) groups is 1. The van der Waals surface area contributed by atoms with Crippen molar-refractivity contribution in [3.63, 3.8) is 0 Å². The van der Waals surface area contributed by atoms with Gasteiger partial charge in [-0.25, -0.2) is 4.39 Å². The molecule has 0 aliphatic carbocycles. The Morgan fingerprint density at radius 1 is 1.21 bits per heavy atom. The Morgan fingerprint density at radius 2 is 2.03 bits per heavy atom. The number of fused-ring (bicyclic) bond motifs is 1. The third-order valence-corrected chi connectivity index (χ3v) is 6.92. The minimum absolute atomic E-state index is 0.0136. The zero-order chi connectivity index (χ0) is 23.7. The smallest absolute Gasteiger partial charge is 0.228 e. The van der Waals surface area contributed by atoms with Crippen molar-refractivity contribution >= 4 is 28.2 Å². The summed E-state index contributed by atoms with van der Waals surface area (Å²) in [5, 5.41) is 12.8. The summed E-state index contributed by atoms with van der Waals surface area (Å²) in [5.41, 5.74) is 3.92. The van der Waals surface area contributed by atoms with Crippen LogP contribution >= 0.6 is 0 Å². The highest BCUT2D eigenvalue weighted by molar-refractivity contribution is 5.93. The van der Waals surface area contributed by atoms with E-state index in [4.69, 9.17) is 4.74 Å². The number of hydrogen-bond donors (Lipinski definition) is 1. The van der Waals surface area contributed by atoms with Crippen LogP contribution < -0.4 is 10.2 Å². The minimum atomic E-state index is -0.231. The molecule has 178 valence electrons. The molecule has 1 unspecified atom stereocenters. The number of amides is 1. The number of aromatic nitrogens is 2. The van der Waals surface area contributed by atoms with E-state index >= 15 is 0 Å². The van der Waals surface area contributed by atoms with Gasteiger partial charge in [-0.05, 0) is 44.0 Å². The number of benzene rings is 2. The van der Waals surface area contributed by atoms with Gasteiger partial charge in [-0.2, -0.15) is 10.2 Å². The van der Waals surface area contributed by atoms with E-state index in [0.717, 1.165) is 41.8 Å². The number of piperazine rings is 1. The lowest BCUT2D eigenvalue weighted by atomic mass is 10.0. The maximum Gasteiger partial charge on any atom is 0.228 e. The van der Waals surface area contributed by atoms with E-state index in [0.29, 0.717) is 37.4 Å². The predicted octanol–water partition coefficient (Wildman–Crippen LogP) is 3.94. The number of hydrogen-bond acceptors (Lipinski definition) is 6. The molecule has 2 aliphatic rings. The molecule has 2 fully saturated rings. The molecule has 1 N–H and O–H groups in total. The van der Waals surface area contributed by atoms with Crippen LogP contribution in [0.2, 0.25) is 0 Å². The summed E-state index contributed by atoms with van der Waals surface area (Å²) in [4.78, 5) is 17.0. The van der Waals surface area contributed by atoms with Gasteiger partial charge >= 0.3 is 0 Å². The first-order valence-electron chi connectivity index (χ1n) is 11.9. The SMILES string of the molecule is Cc1cccc([C@@H](C)Nc2cnnc3ccc(N4CCN(C(=O)C5CCOC5)CC4)cc23)c1F. The summed E-state index contributed by atoms with van der Waals surface area (Å²) < 4.78 is 20.0. The van der Waals surface area contributed by atoms with Gasteiger partial charge in [-0.15, -0.1) is 0 Å². The van der Waals surface area contributed by atoms with Crippen molar-refractivity contribution in [2.45, 2.75) is 26.3 Å². The second-order valence-corrected chi connectivity index (χ2v) is 9.18. The molecule has 1 amide bonds. The Balaban J connectivity index is 1.33. The van der Waals surface area contributed by atoms with Crippen LogP contribution in [-0.4, -0.2) is 60.4 Å². The first-order valence-corrected chi connectivity index (χ1v) is 11.9. The first kappa shape index (κ1) is 22.5. The minimum Gasteiger partial charge on any atom is -0.381 e. The maximum absolute atomic E-state index is 14.7. The number of carbonyl (C=O) groups excluding carboxylic acids is 1. The van der Waals surface area contributed by atoms with Crippen LogP contribution in [0.1, 0.15) is 30.5 Å². The average Bonchev–Trinajstić information content (AvgIpc) is 3.40. The molecule has 1 aromatic heterocycles. The molecule has 3 aromatic rings.